The van der Waals surface area contributed by atoms with Crippen LogP contribution in [0.25, 0.3) is 0 Å². The maximum atomic E-state index is 11.7. The van der Waals surface area contributed by atoms with Gasteiger partial charge < -0.3 is 4.74 Å². The van der Waals surface area contributed by atoms with Crippen molar-refractivity contribution < 1.29 is 9.13 Å². The Hall–Kier alpha value is 0.180. The SMILES string of the molecule is F[C@@H]1CO[C@H]1Cl. The third-order valence-electron chi connectivity index (χ3n) is 0.699. The Morgan fingerprint density at radius 2 is 2.33 bits per heavy atom. The molecule has 1 heterocycles. The van der Waals surface area contributed by atoms with Gasteiger partial charge in [0.25, 0.3) is 0 Å². The number of ether oxygens (including phenoxy) is 1. The first-order chi connectivity index (χ1) is 2.80. The first-order valence-electron chi connectivity index (χ1n) is 1.70. The van der Waals surface area contributed by atoms with E-state index in [0.717, 1.165) is 0 Å². The average Bonchev–Trinajstić information content (AvgIpc) is 1.61. The van der Waals surface area contributed by atoms with Crippen molar-refractivity contribution >= 4 is 11.6 Å². The maximum Gasteiger partial charge on any atom is 0.164 e. The first kappa shape index (κ1) is 4.34. The standard InChI is InChI=1S/C3H4ClFO/c4-3-2(5)1-6-3/h2-3H,1H2/t2-,3-/m1/s1. The van der Waals surface area contributed by atoms with Gasteiger partial charge in [-0.25, -0.2) is 4.39 Å². The van der Waals surface area contributed by atoms with Crippen LogP contribution in [0, 0.1) is 0 Å². The highest BCUT2D eigenvalue weighted by atomic mass is 35.5. The zero-order chi connectivity index (χ0) is 4.57. The van der Waals surface area contributed by atoms with Crippen LogP contribution < -0.4 is 0 Å². The fourth-order valence-electron chi connectivity index (χ4n) is 0.242. The Labute approximate surface area is 40.0 Å². The van der Waals surface area contributed by atoms with Gasteiger partial charge in [-0.3, -0.25) is 0 Å². The molecule has 6 heavy (non-hydrogen) atoms. The van der Waals surface area contributed by atoms with Gasteiger partial charge in [0.05, 0.1) is 6.61 Å². The summed E-state index contributed by atoms with van der Waals surface area (Å²) in [4.78, 5) is 0. The predicted octanol–water partition coefficient (Wildman–Crippen LogP) is 0.920. The fraction of sp³-hybridized carbons (Fsp3) is 1.00. The van der Waals surface area contributed by atoms with Crippen LogP contribution in [0.5, 0.6) is 0 Å². The second kappa shape index (κ2) is 1.35. The second-order valence-electron chi connectivity index (χ2n) is 1.20. The normalized spacial score (nSPS) is 45.0. The molecule has 0 aromatic rings. The van der Waals surface area contributed by atoms with Crippen LogP contribution in [0.3, 0.4) is 0 Å². The van der Waals surface area contributed by atoms with Gasteiger partial charge in [-0.2, -0.15) is 0 Å². The Morgan fingerprint density at radius 3 is 2.33 bits per heavy atom. The molecule has 0 N–H and O–H groups in total. The van der Waals surface area contributed by atoms with Crippen LogP contribution in [0.1, 0.15) is 0 Å². The van der Waals surface area contributed by atoms with Gasteiger partial charge in [-0.1, -0.05) is 11.6 Å². The topological polar surface area (TPSA) is 9.23 Å². The lowest BCUT2D eigenvalue weighted by molar-refractivity contribution is -0.0785. The quantitative estimate of drug-likeness (QED) is 0.422. The Morgan fingerprint density at radius 1 is 1.83 bits per heavy atom. The average molecular weight is 111 g/mol. The van der Waals surface area contributed by atoms with Crippen LogP contribution in [0.15, 0.2) is 0 Å². The molecule has 1 rings (SSSR count). The minimum absolute atomic E-state index is 0.175. The Kier molecular flexibility index (Phi) is 0.979. The number of hydrogen-bond acceptors (Lipinski definition) is 1. The summed E-state index contributed by atoms with van der Waals surface area (Å²) >= 11 is 5.10. The van der Waals surface area contributed by atoms with Crippen LogP contribution in [-0.4, -0.2) is 18.3 Å². The van der Waals surface area contributed by atoms with E-state index in [2.05, 4.69) is 4.74 Å². The van der Waals surface area contributed by atoms with Crippen LogP contribution in [0.4, 0.5) is 4.39 Å². The lowest BCUT2D eigenvalue weighted by Gasteiger charge is -2.24. The third-order valence-corrected chi connectivity index (χ3v) is 1.10. The van der Waals surface area contributed by atoms with Gasteiger partial charge in [-0.15, -0.1) is 0 Å². The van der Waals surface area contributed by atoms with Crippen molar-refractivity contribution in [1.82, 2.24) is 0 Å². The largest absolute Gasteiger partial charge is 0.356 e. The summed E-state index contributed by atoms with van der Waals surface area (Å²) in [5.74, 6) is 0. The third kappa shape index (κ3) is 0.502. The monoisotopic (exact) mass is 110 g/mol. The molecule has 1 aliphatic heterocycles. The highest BCUT2D eigenvalue weighted by molar-refractivity contribution is 6.20. The lowest BCUT2D eigenvalue weighted by atomic mass is 10.3. The van der Waals surface area contributed by atoms with Crippen molar-refractivity contribution in [2.45, 2.75) is 11.7 Å². The molecule has 0 unspecified atom stereocenters. The van der Waals surface area contributed by atoms with E-state index in [1.807, 2.05) is 0 Å². The molecule has 0 aliphatic carbocycles. The summed E-state index contributed by atoms with van der Waals surface area (Å²) in [5, 5.41) is 0. The molecule has 1 saturated heterocycles. The number of hydrogen-bond donors (Lipinski definition) is 0. The van der Waals surface area contributed by atoms with E-state index in [9.17, 15) is 4.39 Å². The van der Waals surface area contributed by atoms with E-state index in [-0.39, 0.29) is 6.61 Å². The van der Waals surface area contributed by atoms with E-state index >= 15 is 0 Å². The summed E-state index contributed by atoms with van der Waals surface area (Å²) < 4.78 is 16.1. The maximum absolute atomic E-state index is 11.7. The van der Waals surface area contributed by atoms with Crippen molar-refractivity contribution in [3.8, 4) is 0 Å². The molecule has 0 saturated carbocycles. The minimum Gasteiger partial charge on any atom is -0.356 e. The fourth-order valence-corrected chi connectivity index (χ4v) is 0.387. The summed E-state index contributed by atoms with van der Waals surface area (Å²) in [7, 11) is 0. The van der Waals surface area contributed by atoms with Gasteiger partial charge in [0.1, 0.15) is 0 Å². The van der Waals surface area contributed by atoms with Gasteiger partial charge in [0, 0.05) is 0 Å². The van der Waals surface area contributed by atoms with Crippen molar-refractivity contribution in [3.05, 3.63) is 0 Å². The van der Waals surface area contributed by atoms with Crippen LogP contribution in [0.2, 0.25) is 0 Å². The van der Waals surface area contributed by atoms with E-state index < -0.39 is 11.7 Å². The molecule has 2 atom stereocenters. The summed E-state index contributed by atoms with van der Waals surface area (Å²) in [6, 6.07) is 0. The number of alkyl halides is 2. The highest BCUT2D eigenvalue weighted by Gasteiger charge is 2.29. The first-order valence-corrected chi connectivity index (χ1v) is 2.14. The molecule has 1 fully saturated rings. The Balaban J connectivity index is 2.20. The van der Waals surface area contributed by atoms with E-state index in [1.165, 1.54) is 0 Å². The molecule has 0 bridgehead atoms. The van der Waals surface area contributed by atoms with Crippen molar-refractivity contribution in [2.24, 2.45) is 0 Å². The summed E-state index contributed by atoms with van der Waals surface area (Å²) in [6.45, 7) is 0.175. The summed E-state index contributed by atoms with van der Waals surface area (Å²) in [5.41, 5.74) is -0.662. The molecular weight excluding hydrogens is 106 g/mol. The van der Waals surface area contributed by atoms with Gasteiger partial charge in [0.2, 0.25) is 0 Å². The minimum atomic E-state index is -0.924. The van der Waals surface area contributed by atoms with Crippen LogP contribution in [-0.2, 0) is 4.74 Å². The van der Waals surface area contributed by atoms with E-state index in [0.29, 0.717) is 0 Å². The number of halogens is 2. The molecule has 0 aromatic heterocycles. The molecule has 0 amide bonds. The zero-order valence-corrected chi connectivity index (χ0v) is 3.78. The highest BCUT2D eigenvalue weighted by Crippen LogP contribution is 2.18. The lowest BCUT2D eigenvalue weighted by Crippen LogP contribution is -2.36. The molecule has 3 heteroatoms. The second-order valence-corrected chi connectivity index (χ2v) is 1.63. The molecule has 0 radical (unpaired) electrons. The predicted molar refractivity (Wildman–Crippen MR) is 20.5 cm³/mol. The van der Waals surface area contributed by atoms with E-state index in [4.69, 9.17) is 11.6 Å². The Bertz CT molecular complexity index is 50.8. The zero-order valence-electron chi connectivity index (χ0n) is 3.03. The molecule has 1 aliphatic rings. The van der Waals surface area contributed by atoms with Crippen molar-refractivity contribution in [2.75, 3.05) is 6.61 Å². The molecular formula is C3H4ClFO. The number of rotatable bonds is 0. The molecule has 36 valence electrons. The van der Waals surface area contributed by atoms with Gasteiger partial charge in [0.15, 0.2) is 11.7 Å². The van der Waals surface area contributed by atoms with Crippen molar-refractivity contribution in [1.29, 1.82) is 0 Å². The van der Waals surface area contributed by atoms with Crippen molar-refractivity contribution in [3.63, 3.8) is 0 Å². The van der Waals surface area contributed by atoms with Gasteiger partial charge >= 0.3 is 0 Å². The summed E-state index contributed by atoms with van der Waals surface area (Å²) in [6.07, 6.45) is -0.924. The van der Waals surface area contributed by atoms with Crippen LogP contribution >= 0.6 is 11.6 Å². The van der Waals surface area contributed by atoms with Gasteiger partial charge in [-0.05, 0) is 0 Å². The molecule has 0 spiro atoms. The molecule has 0 aromatic carbocycles. The molecule has 1 nitrogen and oxygen atoms in total. The van der Waals surface area contributed by atoms with E-state index in [1.54, 1.807) is 0 Å². The smallest absolute Gasteiger partial charge is 0.164 e.